The fourth-order valence-electron chi connectivity index (χ4n) is 1.02. The minimum atomic E-state index is -4.15. The van der Waals surface area contributed by atoms with Gasteiger partial charge in [-0.25, -0.2) is 0 Å². The predicted octanol–water partition coefficient (Wildman–Crippen LogP) is 1.18. The lowest BCUT2D eigenvalue weighted by atomic mass is 10.1. The van der Waals surface area contributed by atoms with Crippen molar-refractivity contribution in [3.63, 3.8) is 0 Å². The Morgan fingerprint density at radius 3 is 2.43 bits per heavy atom. The Morgan fingerprint density at radius 1 is 1.50 bits per heavy atom. The molecule has 1 amide bonds. The van der Waals surface area contributed by atoms with Gasteiger partial charge < -0.3 is 11.1 Å². The van der Waals surface area contributed by atoms with E-state index in [0.717, 1.165) is 0 Å². The van der Waals surface area contributed by atoms with Crippen LogP contribution in [-0.2, 0) is 4.79 Å². The zero-order chi connectivity index (χ0) is 11.2. The maximum atomic E-state index is 11.7. The highest BCUT2D eigenvalue weighted by atomic mass is 19.4. The van der Waals surface area contributed by atoms with Gasteiger partial charge in [0.15, 0.2) is 0 Å². The molecule has 0 heterocycles. The van der Waals surface area contributed by atoms with E-state index in [1.165, 1.54) is 0 Å². The van der Waals surface area contributed by atoms with Crippen molar-refractivity contribution in [3.05, 3.63) is 0 Å². The first-order valence-corrected chi connectivity index (χ1v) is 4.43. The normalized spacial score (nSPS) is 14.0. The van der Waals surface area contributed by atoms with E-state index in [4.69, 9.17) is 5.73 Å². The second-order valence-corrected chi connectivity index (χ2v) is 3.09. The highest BCUT2D eigenvalue weighted by Crippen LogP contribution is 2.18. The zero-order valence-electron chi connectivity index (χ0n) is 8.03. The first-order valence-electron chi connectivity index (χ1n) is 4.43. The van der Waals surface area contributed by atoms with Crippen LogP contribution in [-0.4, -0.2) is 24.7 Å². The van der Waals surface area contributed by atoms with Crippen molar-refractivity contribution in [1.29, 1.82) is 0 Å². The van der Waals surface area contributed by atoms with Gasteiger partial charge in [-0.1, -0.05) is 6.92 Å². The summed E-state index contributed by atoms with van der Waals surface area (Å²) in [5.41, 5.74) is 4.93. The van der Waals surface area contributed by atoms with Crippen LogP contribution in [0.25, 0.3) is 0 Å². The highest BCUT2D eigenvalue weighted by Gasteiger charge is 2.26. The van der Waals surface area contributed by atoms with E-state index in [1.807, 2.05) is 0 Å². The second kappa shape index (κ2) is 5.85. The predicted molar refractivity (Wildman–Crippen MR) is 46.6 cm³/mol. The summed E-state index contributed by atoms with van der Waals surface area (Å²) < 4.78 is 35.2. The maximum Gasteiger partial charge on any atom is 0.390 e. The van der Waals surface area contributed by atoms with Crippen molar-refractivity contribution in [1.82, 2.24) is 5.32 Å². The first kappa shape index (κ1) is 13.2. The molecule has 0 aliphatic rings. The van der Waals surface area contributed by atoms with Gasteiger partial charge in [-0.3, -0.25) is 4.79 Å². The Labute approximate surface area is 80.8 Å². The van der Waals surface area contributed by atoms with Crippen LogP contribution in [0.3, 0.4) is 0 Å². The fraction of sp³-hybridized carbons (Fsp3) is 0.875. The van der Waals surface area contributed by atoms with Crippen molar-refractivity contribution in [2.75, 3.05) is 6.54 Å². The van der Waals surface area contributed by atoms with Crippen molar-refractivity contribution >= 4 is 5.91 Å². The minimum Gasteiger partial charge on any atom is -0.370 e. The van der Waals surface area contributed by atoms with Crippen LogP contribution < -0.4 is 11.1 Å². The lowest BCUT2D eigenvalue weighted by molar-refractivity contribution is -0.133. The van der Waals surface area contributed by atoms with Crippen LogP contribution in [0.5, 0.6) is 0 Å². The Balaban J connectivity index is 3.68. The van der Waals surface area contributed by atoms with Gasteiger partial charge in [-0.2, -0.15) is 13.2 Å². The number of primary amides is 1. The molecule has 3 N–H and O–H groups in total. The standard InChI is InChI=1S/C8H15F3N2O/c1-2-6(5-7(12)14)13-4-3-8(9,10)11/h6,13H,2-5H2,1H3,(H2,12,14). The number of rotatable bonds is 6. The molecule has 0 aromatic heterocycles. The molecule has 0 bridgehead atoms. The summed E-state index contributed by atoms with van der Waals surface area (Å²) in [5, 5.41) is 2.64. The highest BCUT2D eigenvalue weighted by molar-refractivity contribution is 5.74. The third-order valence-electron chi connectivity index (χ3n) is 1.78. The molecule has 0 spiro atoms. The molecule has 84 valence electrons. The smallest absolute Gasteiger partial charge is 0.370 e. The topological polar surface area (TPSA) is 55.1 Å². The van der Waals surface area contributed by atoms with Gasteiger partial charge in [0.1, 0.15) is 0 Å². The van der Waals surface area contributed by atoms with Crippen LogP contribution in [0.15, 0.2) is 0 Å². The molecular formula is C8H15F3N2O. The van der Waals surface area contributed by atoms with Crippen LogP contribution in [0.1, 0.15) is 26.2 Å². The maximum absolute atomic E-state index is 11.7. The summed E-state index contributed by atoms with van der Waals surface area (Å²) in [4.78, 5) is 10.5. The molecule has 0 aliphatic heterocycles. The van der Waals surface area contributed by atoms with Crippen LogP contribution in [0, 0.1) is 0 Å². The Morgan fingerprint density at radius 2 is 2.07 bits per heavy atom. The summed E-state index contributed by atoms with van der Waals surface area (Å²) in [6.45, 7) is 1.61. The first-order chi connectivity index (χ1) is 6.35. The second-order valence-electron chi connectivity index (χ2n) is 3.09. The lowest BCUT2D eigenvalue weighted by Crippen LogP contribution is -2.35. The fourth-order valence-corrected chi connectivity index (χ4v) is 1.02. The molecule has 1 unspecified atom stereocenters. The average Bonchev–Trinajstić information content (AvgIpc) is 1.99. The number of amides is 1. The van der Waals surface area contributed by atoms with Gasteiger partial charge in [-0.15, -0.1) is 0 Å². The molecule has 0 radical (unpaired) electrons. The number of carbonyl (C=O) groups excluding carboxylic acids is 1. The Kier molecular flexibility index (Phi) is 5.52. The molecule has 3 nitrogen and oxygen atoms in total. The summed E-state index contributed by atoms with van der Waals surface area (Å²) in [5.74, 6) is -0.503. The van der Waals surface area contributed by atoms with Gasteiger partial charge in [0, 0.05) is 19.0 Å². The number of hydrogen-bond donors (Lipinski definition) is 2. The molecule has 0 rings (SSSR count). The number of carbonyl (C=O) groups is 1. The SMILES string of the molecule is CCC(CC(N)=O)NCCC(F)(F)F. The van der Waals surface area contributed by atoms with Crippen molar-refractivity contribution in [3.8, 4) is 0 Å². The number of alkyl halides is 3. The van der Waals surface area contributed by atoms with Gasteiger partial charge in [0.2, 0.25) is 5.91 Å². The molecular weight excluding hydrogens is 197 g/mol. The monoisotopic (exact) mass is 212 g/mol. The van der Waals surface area contributed by atoms with Crippen molar-refractivity contribution in [2.24, 2.45) is 5.73 Å². The van der Waals surface area contributed by atoms with Crippen LogP contribution >= 0.6 is 0 Å². The summed E-state index contributed by atoms with van der Waals surface area (Å²) in [6, 6.07) is -0.255. The molecule has 6 heteroatoms. The van der Waals surface area contributed by atoms with E-state index >= 15 is 0 Å². The number of hydrogen-bond acceptors (Lipinski definition) is 2. The summed E-state index contributed by atoms with van der Waals surface area (Å²) in [6.07, 6.45) is -4.38. The zero-order valence-corrected chi connectivity index (χ0v) is 8.03. The van der Waals surface area contributed by atoms with Crippen LogP contribution in [0.2, 0.25) is 0 Å². The molecule has 0 saturated heterocycles. The Bertz CT molecular complexity index is 182. The molecule has 0 saturated carbocycles. The van der Waals surface area contributed by atoms with E-state index in [2.05, 4.69) is 5.32 Å². The molecule has 1 atom stereocenters. The van der Waals surface area contributed by atoms with E-state index in [-0.39, 0.29) is 19.0 Å². The number of nitrogens with two attached hydrogens (primary N) is 1. The quantitative estimate of drug-likeness (QED) is 0.694. The average molecular weight is 212 g/mol. The minimum absolute atomic E-state index is 0.0777. The number of halogens is 3. The summed E-state index contributed by atoms with van der Waals surface area (Å²) >= 11 is 0. The lowest BCUT2D eigenvalue weighted by Gasteiger charge is -2.15. The van der Waals surface area contributed by atoms with E-state index in [9.17, 15) is 18.0 Å². The van der Waals surface area contributed by atoms with E-state index in [1.54, 1.807) is 6.92 Å². The third-order valence-corrected chi connectivity index (χ3v) is 1.78. The van der Waals surface area contributed by atoms with E-state index in [0.29, 0.717) is 6.42 Å². The third kappa shape index (κ3) is 7.85. The number of nitrogens with one attached hydrogen (secondary N) is 1. The van der Waals surface area contributed by atoms with Gasteiger partial charge in [0.05, 0.1) is 6.42 Å². The molecule has 14 heavy (non-hydrogen) atoms. The van der Waals surface area contributed by atoms with Gasteiger partial charge in [0.25, 0.3) is 0 Å². The van der Waals surface area contributed by atoms with E-state index < -0.39 is 18.5 Å². The molecule has 0 fully saturated rings. The van der Waals surface area contributed by atoms with Gasteiger partial charge >= 0.3 is 6.18 Å². The van der Waals surface area contributed by atoms with Crippen molar-refractivity contribution in [2.45, 2.75) is 38.4 Å². The largest absolute Gasteiger partial charge is 0.390 e. The Hall–Kier alpha value is -0.780. The molecule has 0 aromatic carbocycles. The van der Waals surface area contributed by atoms with Crippen molar-refractivity contribution < 1.29 is 18.0 Å². The molecule has 0 aliphatic carbocycles. The van der Waals surface area contributed by atoms with Gasteiger partial charge in [-0.05, 0) is 6.42 Å². The van der Waals surface area contributed by atoms with Crippen LogP contribution in [0.4, 0.5) is 13.2 Å². The molecule has 0 aromatic rings. The summed E-state index contributed by atoms with van der Waals surface area (Å²) in [7, 11) is 0.